The average Bonchev–Trinajstić information content (AvgIpc) is 3.25. The van der Waals surface area contributed by atoms with E-state index in [-0.39, 0.29) is 0 Å². The van der Waals surface area contributed by atoms with Crippen molar-refractivity contribution in [2.45, 2.75) is 76.9 Å². The van der Waals surface area contributed by atoms with E-state index in [9.17, 15) is 0 Å². The van der Waals surface area contributed by atoms with Crippen molar-refractivity contribution >= 4 is 0 Å². The maximum atomic E-state index is 3.89. The maximum absolute atomic E-state index is 3.89. The van der Waals surface area contributed by atoms with Crippen molar-refractivity contribution in [3.05, 3.63) is 0 Å². The lowest BCUT2D eigenvalue weighted by atomic mass is 10.1. The van der Waals surface area contributed by atoms with Gasteiger partial charge in [0.1, 0.15) is 0 Å². The summed E-state index contributed by atoms with van der Waals surface area (Å²) in [6.45, 7) is 7.25. The van der Waals surface area contributed by atoms with Gasteiger partial charge in [0, 0.05) is 31.2 Å². The van der Waals surface area contributed by atoms with E-state index < -0.39 is 0 Å². The number of nitrogens with one attached hydrogen (secondary N) is 1. The highest BCUT2D eigenvalue weighted by molar-refractivity contribution is 4.96. The van der Waals surface area contributed by atoms with Gasteiger partial charge in [0.2, 0.25) is 0 Å². The average molecular weight is 250 g/mol. The van der Waals surface area contributed by atoms with Gasteiger partial charge in [-0.05, 0) is 63.7 Å². The third kappa shape index (κ3) is 2.91. The molecular formula is C16H30N2. The molecule has 18 heavy (non-hydrogen) atoms. The van der Waals surface area contributed by atoms with Gasteiger partial charge >= 0.3 is 0 Å². The molecule has 2 atom stereocenters. The summed E-state index contributed by atoms with van der Waals surface area (Å²) in [5.74, 6) is 2.07. The lowest BCUT2D eigenvalue weighted by Gasteiger charge is -2.29. The van der Waals surface area contributed by atoms with Crippen molar-refractivity contribution in [1.82, 2.24) is 10.2 Å². The summed E-state index contributed by atoms with van der Waals surface area (Å²) in [6, 6.07) is 2.56. The van der Waals surface area contributed by atoms with Crippen LogP contribution in [0.25, 0.3) is 0 Å². The van der Waals surface area contributed by atoms with E-state index in [2.05, 4.69) is 24.1 Å². The van der Waals surface area contributed by atoms with Crippen molar-refractivity contribution in [3.8, 4) is 0 Å². The number of likely N-dealkylation sites (tertiary alicyclic amines) is 1. The molecule has 0 spiro atoms. The Bertz CT molecular complexity index is 258. The van der Waals surface area contributed by atoms with Gasteiger partial charge in [-0.1, -0.05) is 6.92 Å². The van der Waals surface area contributed by atoms with Crippen LogP contribution in [0.15, 0.2) is 0 Å². The summed E-state index contributed by atoms with van der Waals surface area (Å²) in [5.41, 5.74) is 0. The minimum Gasteiger partial charge on any atom is -0.312 e. The summed E-state index contributed by atoms with van der Waals surface area (Å²) in [7, 11) is 0. The first-order valence-corrected chi connectivity index (χ1v) is 8.28. The molecule has 2 heteroatoms. The zero-order valence-electron chi connectivity index (χ0n) is 12.2. The van der Waals surface area contributed by atoms with Gasteiger partial charge in [0.15, 0.2) is 0 Å². The van der Waals surface area contributed by atoms with Gasteiger partial charge in [0.25, 0.3) is 0 Å². The molecular weight excluding hydrogens is 220 g/mol. The van der Waals surface area contributed by atoms with Crippen molar-refractivity contribution < 1.29 is 0 Å². The molecule has 2 unspecified atom stereocenters. The molecule has 0 bridgehead atoms. The Kier molecular flexibility index (Phi) is 3.95. The van der Waals surface area contributed by atoms with E-state index in [0.717, 1.165) is 30.0 Å². The lowest BCUT2D eigenvalue weighted by molar-refractivity contribution is 0.194. The van der Waals surface area contributed by atoms with Crippen LogP contribution < -0.4 is 5.32 Å². The second kappa shape index (κ2) is 5.50. The molecule has 2 aliphatic carbocycles. The zero-order chi connectivity index (χ0) is 12.5. The van der Waals surface area contributed by atoms with Crippen LogP contribution >= 0.6 is 0 Å². The first-order chi connectivity index (χ1) is 8.79. The summed E-state index contributed by atoms with van der Waals surface area (Å²) >= 11 is 0. The molecule has 2 saturated carbocycles. The van der Waals surface area contributed by atoms with Gasteiger partial charge in [-0.15, -0.1) is 0 Å². The largest absolute Gasteiger partial charge is 0.312 e. The predicted octanol–water partition coefficient (Wildman–Crippen LogP) is 3.03. The molecule has 0 aromatic rings. The van der Waals surface area contributed by atoms with Gasteiger partial charge in [0.05, 0.1) is 0 Å². The van der Waals surface area contributed by atoms with Crippen molar-refractivity contribution in [2.75, 3.05) is 13.1 Å². The molecule has 0 aromatic heterocycles. The highest BCUT2D eigenvalue weighted by atomic mass is 15.2. The van der Waals surface area contributed by atoms with Crippen molar-refractivity contribution in [1.29, 1.82) is 0 Å². The normalized spacial score (nSPS) is 33.5. The number of rotatable bonds is 7. The van der Waals surface area contributed by atoms with E-state index in [4.69, 9.17) is 0 Å². The van der Waals surface area contributed by atoms with Crippen LogP contribution in [0.2, 0.25) is 0 Å². The molecule has 0 radical (unpaired) electrons. The van der Waals surface area contributed by atoms with Crippen LogP contribution in [0, 0.1) is 11.8 Å². The summed E-state index contributed by atoms with van der Waals surface area (Å²) in [6.07, 6.45) is 10.1. The van der Waals surface area contributed by atoms with Crippen LogP contribution in [0.1, 0.15) is 58.8 Å². The lowest BCUT2D eigenvalue weighted by Crippen LogP contribution is -2.43. The van der Waals surface area contributed by atoms with E-state index in [1.165, 1.54) is 58.0 Å². The van der Waals surface area contributed by atoms with E-state index in [1.54, 1.807) is 0 Å². The van der Waals surface area contributed by atoms with Crippen LogP contribution in [0.3, 0.4) is 0 Å². The highest BCUT2D eigenvalue weighted by Gasteiger charge is 2.41. The monoisotopic (exact) mass is 250 g/mol. The first kappa shape index (κ1) is 12.9. The Morgan fingerprint density at radius 1 is 1.06 bits per heavy atom. The van der Waals surface area contributed by atoms with E-state index in [0.29, 0.717) is 0 Å². The fourth-order valence-electron chi connectivity index (χ4n) is 3.96. The van der Waals surface area contributed by atoms with Gasteiger partial charge < -0.3 is 5.32 Å². The highest BCUT2D eigenvalue weighted by Crippen LogP contribution is 2.44. The number of nitrogens with zero attached hydrogens (tertiary/aromatic N) is 1. The Labute approximate surface area is 113 Å². The smallest absolute Gasteiger partial charge is 0.0124 e. The molecule has 2 nitrogen and oxygen atoms in total. The SMILES string of the molecule is CCC1CCC(C)N1CCNC(C1CC1)C1CC1. The minimum absolute atomic E-state index is 0.817. The Morgan fingerprint density at radius 3 is 2.28 bits per heavy atom. The molecule has 1 heterocycles. The molecule has 3 aliphatic rings. The van der Waals surface area contributed by atoms with Crippen molar-refractivity contribution in [3.63, 3.8) is 0 Å². The second-order valence-electron chi connectivity index (χ2n) is 6.88. The number of hydrogen-bond donors (Lipinski definition) is 1. The predicted molar refractivity (Wildman–Crippen MR) is 76.7 cm³/mol. The Balaban J connectivity index is 1.42. The van der Waals surface area contributed by atoms with Gasteiger partial charge in [-0.25, -0.2) is 0 Å². The summed E-state index contributed by atoms with van der Waals surface area (Å²) < 4.78 is 0. The van der Waals surface area contributed by atoms with Gasteiger partial charge in [-0.3, -0.25) is 4.90 Å². The molecule has 104 valence electrons. The van der Waals surface area contributed by atoms with E-state index >= 15 is 0 Å². The minimum atomic E-state index is 0.817. The molecule has 3 fully saturated rings. The molecule has 0 aromatic carbocycles. The van der Waals surface area contributed by atoms with Gasteiger partial charge in [-0.2, -0.15) is 0 Å². The molecule has 3 rings (SSSR count). The Hall–Kier alpha value is -0.0800. The van der Waals surface area contributed by atoms with Crippen LogP contribution in [-0.4, -0.2) is 36.1 Å². The molecule has 1 N–H and O–H groups in total. The first-order valence-electron chi connectivity index (χ1n) is 8.28. The third-order valence-electron chi connectivity index (χ3n) is 5.43. The molecule has 0 amide bonds. The Morgan fingerprint density at radius 2 is 1.72 bits per heavy atom. The summed E-state index contributed by atoms with van der Waals surface area (Å²) in [5, 5.41) is 3.89. The quantitative estimate of drug-likeness (QED) is 0.747. The third-order valence-corrected chi connectivity index (χ3v) is 5.43. The standard InChI is InChI=1S/C16H30N2/c1-3-15-9-4-12(2)18(15)11-10-17-16(13-5-6-13)14-7-8-14/h12-17H,3-11H2,1-2H3. The maximum Gasteiger partial charge on any atom is 0.0124 e. The molecule has 1 saturated heterocycles. The second-order valence-corrected chi connectivity index (χ2v) is 6.88. The molecule has 1 aliphatic heterocycles. The fourth-order valence-corrected chi connectivity index (χ4v) is 3.96. The van der Waals surface area contributed by atoms with Crippen LogP contribution in [0.5, 0.6) is 0 Å². The van der Waals surface area contributed by atoms with Crippen LogP contribution in [-0.2, 0) is 0 Å². The van der Waals surface area contributed by atoms with Crippen LogP contribution in [0.4, 0.5) is 0 Å². The zero-order valence-corrected chi connectivity index (χ0v) is 12.2. The van der Waals surface area contributed by atoms with Crippen molar-refractivity contribution in [2.24, 2.45) is 11.8 Å². The topological polar surface area (TPSA) is 15.3 Å². The number of hydrogen-bond acceptors (Lipinski definition) is 2. The summed E-state index contributed by atoms with van der Waals surface area (Å²) in [4.78, 5) is 2.75. The fraction of sp³-hybridized carbons (Fsp3) is 1.00. The van der Waals surface area contributed by atoms with E-state index in [1.807, 2.05) is 0 Å².